The van der Waals surface area contributed by atoms with Crippen LogP contribution in [0.15, 0.2) is 18.2 Å². The fourth-order valence-electron chi connectivity index (χ4n) is 3.08. The van der Waals surface area contributed by atoms with Gasteiger partial charge in [0.25, 0.3) is 0 Å². The van der Waals surface area contributed by atoms with Crippen LogP contribution in [0.2, 0.25) is 0 Å². The molecular weight excluding hydrogens is 253 g/mol. The molecule has 3 nitrogen and oxygen atoms in total. The predicted molar refractivity (Wildman–Crippen MR) is 79.9 cm³/mol. The smallest absolute Gasteiger partial charge is 0.146 e. The number of hydrogen-bond acceptors (Lipinski definition) is 3. The Labute approximate surface area is 119 Å². The quantitative estimate of drug-likeness (QED) is 0.911. The number of hydrogen-bond donors (Lipinski definition) is 1. The van der Waals surface area contributed by atoms with E-state index < -0.39 is 0 Å². The van der Waals surface area contributed by atoms with E-state index in [1.165, 1.54) is 25.7 Å². The molecule has 4 rings (SSSR count). The minimum atomic E-state index is -0.0915. The van der Waals surface area contributed by atoms with Crippen LogP contribution in [0, 0.1) is 5.82 Å². The van der Waals surface area contributed by atoms with Crippen molar-refractivity contribution in [1.82, 2.24) is 4.90 Å². The minimum absolute atomic E-state index is 0.0915. The van der Waals surface area contributed by atoms with Crippen molar-refractivity contribution in [1.29, 1.82) is 0 Å². The molecule has 2 saturated carbocycles. The number of piperazine rings is 1. The monoisotopic (exact) mass is 275 g/mol. The van der Waals surface area contributed by atoms with E-state index in [1.54, 1.807) is 6.07 Å². The van der Waals surface area contributed by atoms with Gasteiger partial charge in [-0.1, -0.05) is 0 Å². The summed E-state index contributed by atoms with van der Waals surface area (Å²) in [5.74, 6) is -0.0915. The van der Waals surface area contributed by atoms with E-state index in [0.717, 1.165) is 43.6 Å². The lowest BCUT2D eigenvalue weighted by Gasteiger charge is -2.36. The van der Waals surface area contributed by atoms with Crippen LogP contribution in [0.4, 0.5) is 15.8 Å². The molecule has 0 unspecified atom stereocenters. The molecule has 2 aliphatic carbocycles. The topological polar surface area (TPSA) is 18.5 Å². The number of anilines is 2. The molecule has 0 bridgehead atoms. The van der Waals surface area contributed by atoms with Crippen molar-refractivity contribution in [3.63, 3.8) is 0 Å². The summed E-state index contributed by atoms with van der Waals surface area (Å²) in [6.45, 7) is 4.04. The SMILES string of the molecule is Fc1ccc(NC2CC2)cc1N1CCN(C2CC2)CC1. The minimum Gasteiger partial charge on any atom is -0.382 e. The molecule has 1 aromatic carbocycles. The highest BCUT2D eigenvalue weighted by Crippen LogP contribution is 2.31. The lowest BCUT2D eigenvalue weighted by Crippen LogP contribution is -2.47. The highest BCUT2D eigenvalue weighted by Gasteiger charge is 2.31. The molecule has 1 aliphatic heterocycles. The number of halogens is 1. The van der Waals surface area contributed by atoms with E-state index in [4.69, 9.17) is 0 Å². The largest absolute Gasteiger partial charge is 0.382 e. The Kier molecular flexibility index (Phi) is 3.06. The van der Waals surface area contributed by atoms with Crippen molar-refractivity contribution in [2.75, 3.05) is 36.4 Å². The molecule has 0 atom stereocenters. The lowest BCUT2D eigenvalue weighted by atomic mass is 10.2. The molecule has 108 valence electrons. The summed E-state index contributed by atoms with van der Waals surface area (Å²) in [6.07, 6.45) is 5.20. The van der Waals surface area contributed by atoms with Gasteiger partial charge in [0.15, 0.2) is 0 Å². The van der Waals surface area contributed by atoms with Gasteiger partial charge in [-0.05, 0) is 43.9 Å². The first-order valence-electron chi connectivity index (χ1n) is 7.85. The third-order valence-corrected chi connectivity index (χ3v) is 4.61. The molecule has 1 aromatic rings. The summed E-state index contributed by atoms with van der Waals surface area (Å²) >= 11 is 0. The van der Waals surface area contributed by atoms with Gasteiger partial charge in [0.05, 0.1) is 5.69 Å². The summed E-state index contributed by atoms with van der Waals surface area (Å²) in [6, 6.07) is 6.88. The first-order valence-corrected chi connectivity index (χ1v) is 7.85. The average Bonchev–Trinajstić information content (AvgIpc) is 3.35. The first-order chi connectivity index (χ1) is 9.79. The van der Waals surface area contributed by atoms with Crippen LogP contribution in [0.25, 0.3) is 0 Å². The molecule has 0 spiro atoms. The zero-order chi connectivity index (χ0) is 13.5. The zero-order valence-electron chi connectivity index (χ0n) is 11.8. The molecule has 0 aromatic heterocycles. The van der Waals surface area contributed by atoms with Gasteiger partial charge in [-0.15, -0.1) is 0 Å². The van der Waals surface area contributed by atoms with E-state index >= 15 is 0 Å². The third kappa shape index (κ3) is 2.62. The first kappa shape index (κ1) is 12.5. The van der Waals surface area contributed by atoms with Crippen LogP contribution in [-0.4, -0.2) is 43.2 Å². The molecular formula is C16H22FN3. The number of benzene rings is 1. The van der Waals surface area contributed by atoms with Crippen molar-refractivity contribution in [2.24, 2.45) is 0 Å². The van der Waals surface area contributed by atoms with Gasteiger partial charge >= 0.3 is 0 Å². The Hall–Kier alpha value is -1.29. The van der Waals surface area contributed by atoms with Crippen molar-refractivity contribution < 1.29 is 4.39 Å². The van der Waals surface area contributed by atoms with E-state index in [-0.39, 0.29) is 5.82 Å². The molecule has 1 saturated heterocycles. The zero-order valence-corrected chi connectivity index (χ0v) is 11.8. The normalized spacial score (nSPS) is 23.9. The Morgan fingerprint density at radius 3 is 2.40 bits per heavy atom. The summed E-state index contributed by atoms with van der Waals surface area (Å²) < 4.78 is 14.1. The van der Waals surface area contributed by atoms with Gasteiger partial charge in [0, 0.05) is 44.0 Å². The van der Waals surface area contributed by atoms with Crippen LogP contribution < -0.4 is 10.2 Å². The van der Waals surface area contributed by atoms with Crippen molar-refractivity contribution in [3.8, 4) is 0 Å². The fourth-order valence-corrected chi connectivity index (χ4v) is 3.08. The van der Waals surface area contributed by atoms with Gasteiger partial charge in [-0.2, -0.15) is 0 Å². The van der Waals surface area contributed by atoms with Gasteiger partial charge in [0.2, 0.25) is 0 Å². The van der Waals surface area contributed by atoms with Gasteiger partial charge in [-0.25, -0.2) is 4.39 Å². The second kappa shape index (κ2) is 4.92. The van der Waals surface area contributed by atoms with Crippen LogP contribution in [0.5, 0.6) is 0 Å². The van der Waals surface area contributed by atoms with Crippen LogP contribution >= 0.6 is 0 Å². The maximum absolute atomic E-state index is 14.1. The molecule has 4 heteroatoms. The Balaban J connectivity index is 1.46. The Bertz CT molecular complexity index is 488. The second-order valence-electron chi connectivity index (χ2n) is 6.34. The molecule has 1 N–H and O–H groups in total. The number of rotatable bonds is 4. The highest BCUT2D eigenvalue weighted by atomic mass is 19.1. The summed E-state index contributed by atoms with van der Waals surface area (Å²) in [4.78, 5) is 4.76. The van der Waals surface area contributed by atoms with Crippen LogP contribution in [0.3, 0.4) is 0 Å². The van der Waals surface area contributed by atoms with Crippen molar-refractivity contribution in [3.05, 3.63) is 24.0 Å². The molecule has 3 aliphatic rings. The van der Waals surface area contributed by atoms with E-state index in [1.807, 2.05) is 12.1 Å². The highest BCUT2D eigenvalue weighted by molar-refractivity contribution is 5.60. The van der Waals surface area contributed by atoms with E-state index in [0.29, 0.717) is 6.04 Å². The number of nitrogens with one attached hydrogen (secondary N) is 1. The molecule has 0 radical (unpaired) electrons. The summed E-state index contributed by atoms with van der Waals surface area (Å²) in [5.41, 5.74) is 1.83. The van der Waals surface area contributed by atoms with Crippen molar-refractivity contribution >= 4 is 11.4 Å². The predicted octanol–water partition coefficient (Wildman–Crippen LogP) is 2.68. The second-order valence-corrected chi connectivity index (χ2v) is 6.34. The van der Waals surface area contributed by atoms with Gasteiger partial charge < -0.3 is 10.2 Å². The molecule has 20 heavy (non-hydrogen) atoms. The number of nitrogens with zero attached hydrogens (tertiary/aromatic N) is 2. The molecule has 0 amide bonds. The summed E-state index contributed by atoms with van der Waals surface area (Å²) in [7, 11) is 0. The Morgan fingerprint density at radius 1 is 1.00 bits per heavy atom. The maximum Gasteiger partial charge on any atom is 0.146 e. The standard InChI is InChI=1S/C16H22FN3/c17-15-6-3-13(18-12-1-2-12)11-16(15)20-9-7-19(8-10-20)14-4-5-14/h3,6,11-12,14,18H,1-2,4-5,7-10H2. The third-order valence-electron chi connectivity index (χ3n) is 4.61. The van der Waals surface area contributed by atoms with E-state index in [2.05, 4.69) is 15.1 Å². The molecule has 1 heterocycles. The Morgan fingerprint density at radius 2 is 1.75 bits per heavy atom. The average molecular weight is 275 g/mol. The van der Waals surface area contributed by atoms with Crippen LogP contribution in [-0.2, 0) is 0 Å². The van der Waals surface area contributed by atoms with Crippen molar-refractivity contribution in [2.45, 2.75) is 37.8 Å². The van der Waals surface area contributed by atoms with Crippen LogP contribution in [0.1, 0.15) is 25.7 Å². The fraction of sp³-hybridized carbons (Fsp3) is 0.625. The van der Waals surface area contributed by atoms with Gasteiger partial charge in [0.1, 0.15) is 5.82 Å². The summed E-state index contributed by atoms with van der Waals surface area (Å²) in [5, 5.41) is 3.46. The maximum atomic E-state index is 14.1. The van der Waals surface area contributed by atoms with Gasteiger partial charge in [-0.3, -0.25) is 4.90 Å². The lowest BCUT2D eigenvalue weighted by molar-refractivity contribution is 0.247. The van der Waals surface area contributed by atoms with E-state index in [9.17, 15) is 4.39 Å². The molecule has 3 fully saturated rings.